The van der Waals surface area contributed by atoms with Gasteiger partial charge in [-0.2, -0.15) is 0 Å². The number of aliphatic hydroxyl groups is 1. The van der Waals surface area contributed by atoms with Crippen LogP contribution in [0.2, 0.25) is 5.02 Å². The van der Waals surface area contributed by atoms with Gasteiger partial charge in [0.15, 0.2) is 11.5 Å². The van der Waals surface area contributed by atoms with Crippen molar-refractivity contribution in [3.05, 3.63) is 47.5 Å². The summed E-state index contributed by atoms with van der Waals surface area (Å²) in [6, 6.07) is 7.58. The van der Waals surface area contributed by atoms with Gasteiger partial charge in [0.05, 0.1) is 29.5 Å². The van der Waals surface area contributed by atoms with Crippen LogP contribution in [0.1, 0.15) is 18.5 Å². The van der Waals surface area contributed by atoms with Crippen LogP contribution in [0.4, 0.5) is 11.6 Å². The molecule has 0 amide bonds. The molecule has 1 atom stereocenters. The summed E-state index contributed by atoms with van der Waals surface area (Å²) in [5.74, 6) is 1.30. The van der Waals surface area contributed by atoms with Crippen molar-refractivity contribution in [1.82, 2.24) is 24.9 Å². The van der Waals surface area contributed by atoms with Crippen molar-refractivity contribution in [3.8, 4) is 0 Å². The third-order valence-corrected chi connectivity index (χ3v) is 4.57. The summed E-state index contributed by atoms with van der Waals surface area (Å²) in [5, 5.41) is 17.3. The highest BCUT2D eigenvalue weighted by molar-refractivity contribution is 6.35. The molecule has 1 aromatic carbocycles. The van der Waals surface area contributed by atoms with E-state index in [1.54, 1.807) is 6.33 Å². The maximum absolute atomic E-state index is 9.19. The number of fused-ring (bicyclic) bond motifs is 2. The van der Waals surface area contributed by atoms with E-state index in [2.05, 4.69) is 35.6 Å². The molecule has 8 nitrogen and oxygen atoms in total. The molecule has 0 spiro atoms. The lowest BCUT2D eigenvalue weighted by Gasteiger charge is -2.19. The van der Waals surface area contributed by atoms with Gasteiger partial charge in [0.1, 0.15) is 17.7 Å². The molecule has 4 aromatic rings. The van der Waals surface area contributed by atoms with Crippen LogP contribution in [0.25, 0.3) is 22.1 Å². The quantitative estimate of drug-likeness (QED) is 0.404. The predicted octanol–water partition coefficient (Wildman–Crippen LogP) is 3.13. The minimum atomic E-state index is -0.128. The van der Waals surface area contributed by atoms with E-state index in [0.29, 0.717) is 39.9 Å². The van der Waals surface area contributed by atoms with Gasteiger partial charge in [-0.05, 0) is 19.1 Å². The smallest absolute Gasteiger partial charge is 0.162 e. The van der Waals surface area contributed by atoms with Crippen molar-refractivity contribution in [2.75, 3.05) is 23.8 Å². The molecule has 3 heterocycles. The molecule has 4 rings (SSSR count). The normalized spacial score (nSPS) is 12.4. The second kappa shape index (κ2) is 7.34. The molecular weight excluding hydrogens is 366 g/mol. The Morgan fingerprint density at radius 1 is 1.19 bits per heavy atom. The fourth-order valence-corrected chi connectivity index (χ4v) is 3.20. The predicted molar refractivity (Wildman–Crippen MR) is 106 cm³/mol. The monoisotopic (exact) mass is 383 g/mol. The first-order valence-electron chi connectivity index (χ1n) is 8.52. The summed E-state index contributed by atoms with van der Waals surface area (Å²) in [6.45, 7) is 2.40. The number of hydrogen-bond acceptors (Lipinski definition) is 7. The molecule has 0 saturated heterocycles. The van der Waals surface area contributed by atoms with Gasteiger partial charge in [-0.3, -0.25) is 0 Å². The molecule has 27 heavy (non-hydrogen) atoms. The van der Waals surface area contributed by atoms with E-state index in [4.69, 9.17) is 11.6 Å². The topological polar surface area (TPSA) is 112 Å². The van der Waals surface area contributed by atoms with Gasteiger partial charge in [-0.1, -0.05) is 23.7 Å². The van der Waals surface area contributed by atoms with Crippen molar-refractivity contribution in [3.63, 3.8) is 0 Å². The maximum Gasteiger partial charge on any atom is 0.162 e. The molecule has 0 saturated carbocycles. The van der Waals surface area contributed by atoms with Crippen LogP contribution in [-0.2, 0) is 0 Å². The van der Waals surface area contributed by atoms with E-state index in [-0.39, 0.29) is 12.6 Å². The Morgan fingerprint density at radius 2 is 2.07 bits per heavy atom. The van der Waals surface area contributed by atoms with Crippen LogP contribution in [0, 0.1) is 0 Å². The highest BCUT2D eigenvalue weighted by Gasteiger charge is 2.17. The third kappa shape index (κ3) is 3.36. The third-order valence-electron chi connectivity index (χ3n) is 4.27. The summed E-state index contributed by atoms with van der Waals surface area (Å²) in [5.41, 5.74) is 2.99. The highest BCUT2D eigenvalue weighted by Crippen LogP contribution is 2.31. The van der Waals surface area contributed by atoms with Crippen molar-refractivity contribution in [2.45, 2.75) is 13.0 Å². The number of rotatable bonds is 6. The number of pyridine rings is 1. The van der Waals surface area contributed by atoms with E-state index in [1.807, 2.05) is 31.2 Å². The minimum Gasteiger partial charge on any atom is -0.395 e. The Kier molecular flexibility index (Phi) is 4.74. The zero-order chi connectivity index (χ0) is 18.8. The van der Waals surface area contributed by atoms with Crippen LogP contribution in [0.15, 0.2) is 36.9 Å². The molecule has 0 aliphatic carbocycles. The summed E-state index contributed by atoms with van der Waals surface area (Å²) in [7, 11) is 0. The van der Waals surface area contributed by atoms with E-state index in [9.17, 15) is 5.11 Å². The lowest BCUT2D eigenvalue weighted by Crippen LogP contribution is -2.15. The lowest BCUT2D eigenvalue weighted by atomic mass is 10.1. The van der Waals surface area contributed by atoms with Gasteiger partial charge in [0.2, 0.25) is 0 Å². The summed E-state index contributed by atoms with van der Waals surface area (Å²) < 4.78 is 0. The number of aromatic nitrogens is 5. The fourth-order valence-electron chi connectivity index (χ4n) is 2.98. The van der Waals surface area contributed by atoms with Gasteiger partial charge in [0, 0.05) is 17.5 Å². The number of imidazole rings is 1. The number of nitrogens with one attached hydrogen (secondary N) is 3. The number of hydrogen-bond donors (Lipinski definition) is 4. The molecule has 3 aromatic heterocycles. The van der Waals surface area contributed by atoms with Crippen molar-refractivity contribution in [2.24, 2.45) is 0 Å². The number of aliphatic hydroxyl groups excluding tert-OH is 1. The zero-order valence-electron chi connectivity index (χ0n) is 14.6. The largest absolute Gasteiger partial charge is 0.395 e. The van der Waals surface area contributed by atoms with Crippen molar-refractivity contribution < 1.29 is 5.11 Å². The summed E-state index contributed by atoms with van der Waals surface area (Å²) >= 11 is 6.29. The standard InChI is InChI=1S/C18H18ClN7O/c1-10(25-18-15-17(22-8-21-15)23-9-24-18)12-7-11-3-2-4-13(19)14(11)26-16(12)20-5-6-27/h2-4,7-10,27H,5-6H2,1H3,(H,20,26)(H2,21,22,23,24,25). The number of benzene rings is 1. The van der Waals surface area contributed by atoms with Crippen LogP contribution < -0.4 is 10.6 Å². The van der Waals surface area contributed by atoms with Gasteiger partial charge >= 0.3 is 0 Å². The molecule has 138 valence electrons. The molecule has 0 fully saturated rings. The number of nitrogens with zero attached hydrogens (tertiary/aromatic N) is 4. The number of para-hydroxylation sites is 1. The first-order valence-corrected chi connectivity index (χ1v) is 8.89. The Morgan fingerprint density at radius 3 is 2.93 bits per heavy atom. The van der Waals surface area contributed by atoms with Gasteiger partial charge in [0.25, 0.3) is 0 Å². The van der Waals surface area contributed by atoms with E-state index >= 15 is 0 Å². The fraction of sp³-hybridized carbons (Fsp3) is 0.222. The van der Waals surface area contributed by atoms with Crippen LogP contribution in [0.3, 0.4) is 0 Å². The average Bonchev–Trinajstić information content (AvgIpc) is 3.16. The molecular formula is C18H18ClN7O. The highest BCUT2D eigenvalue weighted by atomic mass is 35.5. The number of aromatic amines is 1. The van der Waals surface area contributed by atoms with Crippen LogP contribution >= 0.6 is 11.6 Å². The van der Waals surface area contributed by atoms with Crippen LogP contribution in [0.5, 0.6) is 0 Å². The number of anilines is 2. The molecule has 0 bridgehead atoms. The molecule has 0 radical (unpaired) electrons. The lowest BCUT2D eigenvalue weighted by molar-refractivity contribution is 0.311. The Labute approximate surface area is 160 Å². The molecule has 1 unspecified atom stereocenters. The second-order valence-electron chi connectivity index (χ2n) is 6.08. The Bertz CT molecular complexity index is 1100. The van der Waals surface area contributed by atoms with E-state index in [1.165, 1.54) is 6.33 Å². The summed E-state index contributed by atoms with van der Waals surface area (Å²) in [4.78, 5) is 20.4. The molecule has 0 aliphatic rings. The average molecular weight is 384 g/mol. The Balaban J connectivity index is 1.75. The van der Waals surface area contributed by atoms with Gasteiger partial charge < -0.3 is 20.7 Å². The van der Waals surface area contributed by atoms with Gasteiger partial charge in [-0.25, -0.2) is 19.9 Å². The number of halogens is 1. The first-order chi connectivity index (χ1) is 13.2. The summed E-state index contributed by atoms with van der Waals surface area (Å²) in [6.07, 6.45) is 3.07. The molecule has 9 heteroatoms. The first kappa shape index (κ1) is 17.4. The molecule has 4 N–H and O–H groups in total. The number of H-pyrrole nitrogens is 1. The van der Waals surface area contributed by atoms with Crippen molar-refractivity contribution >= 4 is 45.3 Å². The zero-order valence-corrected chi connectivity index (χ0v) is 15.3. The second-order valence-corrected chi connectivity index (χ2v) is 6.48. The van der Waals surface area contributed by atoms with Crippen molar-refractivity contribution in [1.29, 1.82) is 0 Å². The molecule has 0 aliphatic heterocycles. The van der Waals surface area contributed by atoms with Gasteiger partial charge in [-0.15, -0.1) is 0 Å². The maximum atomic E-state index is 9.19. The van der Waals surface area contributed by atoms with E-state index < -0.39 is 0 Å². The SMILES string of the molecule is CC(Nc1ncnc2[nH]cnc12)c1cc2cccc(Cl)c2nc1NCCO. The minimum absolute atomic E-state index is 0.00326. The Hall–Kier alpha value is -2.97. The van der Waals surface area contributed by atoms with Crippen LogP contribution in [-0.4, -0.2) is 43.2 Å². The van der Waals surface area contributed by atoms with E-state index in [0.717, 1.165) is 10.9 Å².